The monoisotopic (exact) mass is 255 g/mol. The van der Waals surface area contributed by atoms with Crippen molar-refractivity contribution in [2.75, 3.05) is 26.3 Å². The molecule has 2 aliphatic rings. The van der Waals surface area contributed by atoms with Crippen molar-refractivity contribution in [2.24, 2.45) is 5.73 Å². The average Bonchev–Trinajstić information content (AvgIpc) is 3.02. The van der Waals surface area contributed by atoms with E-state index < -0.39 is 0 Å². The van der Waals surface area contributed by atoms with Crippen LogP contribution in [0.5, 0.6) is 0 Å². The lowest BCUT2D eigenvalue weighted by Gasteiger charge is -2.40. The van der Waals surface area contributed by atoms with Gasteiger partial charge in [-0.25, -0.2) is 4.79 Å². The molecule has 0 spiro atoms. The third-order valence-corrected chi connectivity index (χ3v) is 4.31. The van der Waals surface area contributed by atoms with Crippen LogP contribution in [-0.4, -0.2) is 48.8 Å². The van der Waals surface area contributed by atoms with Crippen LogP contribution in [0.4, 0.5) is 4.79 Å². The van der Waals surface area contributed by atoms with E-state index in [0.29, 0.717) is 13.2 Å². The largest absolute Gasteiger partial charge is 0.379 e. The number of nitrogens with one attached hydrogen (secondary N) is 1. The Kier molecular flexibility index (Phi) is 4.45. The standard InChI is InChI=1S/C13H25N3O2/c1-2-16(13(10-14)6-3-4-7-13)12(17)15-11-5-8-18-9-11/h11H,2-10,14H2,1H3,(H,15,17). The highest BCUT2D eigenvalue weighted by Gasteiger charge is 2.40. The van der Waals surface area contributed by atoms with Crippen LogP contribution in [0, 0.1) is 0 Å². The number of carbonyl (C=O) groups is 1. The van der Waals surface area contributed by atoms with Gasteiger partial charge in [0, 0.05) is 19.7 Å². The molecule has 2 rings (SSSR count). The third kappa shape index (κ3) is 2.62. The van der Waals surface area contributed by atoms with Gasteiger partial charge in [0.1, 0.15) is 0 Å². The molecule has 1 atom stereocenters. The summed E-state index contributed by atoms with van der Waals surface area (Å²) in [5.74, 6) is 0. The van der Waals surface area contributed by atoms with Gasteiger partial charge in [0.15, 0.2) is 0 Å². The number of carbonyl (C=O) groups excluding carboxylic acids is 1. The highest BCUT2D eigenvalue weighted by Crippen LogP contribution is 2.34. The molecule has 5 heteroatoms. The fourth-order valence-corrected chi connectivity index (χ4v) is 3.21. The van der Waals surface area contributed by atoms with Crippen LogP contribution in [-0.2, 0) is 4.74 Å². The van der Waals surface area contributed by atoms with Crippen molar-refractivity contribution in [3.63, 3.8) is 0 Å². The summed E-state index contributed by atoms with van der Waals surface area (Å²) in [4.78, 5) is 14.3. The highest BCUT2D eigenvalue weighted by atomic mass is 16.5. The minimum Gasteiger partial charge on any atom is -0.379 e. The molecule has 0 aromatic rings. The van der Waals surface area contributed by atoms with E-state index in [4.69, 9.17) is 10.5 Å². The smallest absolute Gasteiger partial charge is 0.318 e. The van der Waals surface area contributed by atoms with Crippen molar-refractivity contribution in [1.82, 2.24) is 10.2 Å². The highest BCUT2D eigenvalue weighted by molar-refractivity contribution is 5.75. The summed E-state index contributed by atoms with van der Waals surface area (Å²) in [6.45, 7) is 4.70. The Morgan fingerprint density at radius 1 is 1.50 bits per heavy atom. The molecule has 104 valence electrons. The first-order chi connectivity index (χ1) is 8.72. The van der Waals surface area contributed by atoms with Gasteiger partial charge < -0.3 is 20.7 Å². The molecule has 2 amide bonds. The van der Waals surface area contributed by atoms with E-state index in [1.807, 2.05) is 11.8 Å². The zero-order valence-electron chi connectivity index (χ0n) is 11.3. The lowest BCUT2D eigenvalue weighted by atomic mass is 9.95. The maximum Gasteiger partial charge on any atom is 0.318 e. The molecule has 1 aliphatic heterocycles. The summed E-state index contributed by atoms with van der Waals surface area (Å²) in [5, 5.41) is 3.07. The first-order valence-corrected chi connectivity index (χ1v) is 7.08. The van der Waals surface area contributed by atoms with Gasteiger partial charge in [0.05, 0.1) is 18.2 Å². The van der Waals surface area contributed by atoms with Gasteiger partial charge >= 0.3 is 6.03 Å². The van der Waals surface area contributed by atoms with E-state index >= 15 is 0 Å². The number of urea groups is 1. The molecule has 0 bridgehead atoms. The van der Waals surface area contributed by atoms with Gasteiger partial charge in [-0.3, -0.25) is 0 Å². The SMILES string of the molecule is CCN(C(=O)NC1CCOC1)C1(CN)CCCC1. The fraction of sp³-hybridized carbons (Fsp3) is 0.923. The van der Waals surface area contributed by atoms with Crippen molar-refractivity contribution < 1.29 is 9.53 Å². The Hall–Kier alpha value is -0.810. The molecule has 1 unspecified atom stereocenters. The molecule has 18 heavy (non-hydrogen) atoms. The number of nitrogens with zero attached hydrogens (tertiary/aromatic N) is 1. The molecule has 1 heterocycles. The Morgan fingerprint density at radius 2 is 2.22 bits per heavy atom. The average molecular weight is 255 g/mol. The van der Waals surface area contributed by atoms with Crippen LogP contribution in [0.25, 0.3) is 0 Å². The summed E-state index contributed by atoms with van der Waals surface area (Å²) in [5.41, 5.74) is 5.83. The Labute approximate surface area is 109 Å². The van der Waals surface area contributed by atoms with Crippen LogP contribution in [0.3, 0.4) is 0 Å². The normalized spacial score (nSPS) is 26.2. The fourth-order valence-electron chi connectivity index (χ4n) is 3.21. The molecule has 0 aromatic carbocycles. The van der Waals surface area contributed by atoms with Crippen LogP contribution >= 0.6 is 0 Å². The van der Waals surface area contributed by atoms with Gasteiger partial charge in [0.2, 0.25) is 0 Å². The number of rotatable bonds is 4. The summed E-state index contributed by atoms with van der Waals surface area (Å²) in [6, 6.07) is 0.197. The predicted octanol–water partition coefficient (Wildman–Crippen LogP) is 1.08. The van der Waals surface area contributed by atoms with E-state index in [2.05, 4.69) is 5.32 Å². The number of ether oxygens (including phenoxy) is 1. The summed E-state index contributed by atoms with van der Waals surface area (Å²) < 4.78 is 5.29. The van der Waals surface area contributed by atoms with Gasteiger partial charge in [-0.05, 0) is 26.2 Å². The van der Waals surface area contributed by atoms with Crippen molar-refractivity contribution in [1.29, 1.82) is 0 Å². The number of amides is 2. The third-order valence-electron chi connectivity index (χ3n) is 4.31. The number of hydrogen-bond donors (Lipinski definition) is 2. The Morgan fingerprint density at radius 3 is 2.72 bits per heavy atom. The van der Waals surface area contributed by atoms with Gasteiger partial charge in [0.25, 0.3) is 0 Å². The maximum absolute atomic E-state index is 12.4. The molecule has 1 saturated carbocycles. The molecule has 5 nitrogen and oxygen atoms in total. The lowest BCUT2D eigenvalue weighted by molar-refractivity contribution is 0.120. The van der Waals surface area contributed by atoms with Crippen molar-refractivity contribution in [3.8, 4) is 0 Å². The predicted molar refractivity (Wildman–Crippen MR) is 70.4 cm³/mol. The second kappa shape index (κ2) is 5.89. The van der Waals surface area contributed by atoms with Crippen LogP contribution in [0.1, 0.15) is 39.0 Å². The van der Waals surface area contributed by atoms with Crippen molar-refractivity contribution in [2.45, 2.75) is 50.6 Å². The molecule has 0 radical (unpaired) electrons. The molecule has 0 aromatic heterocycles. The number of likely N-dealkylation sites (N-methyl/N-ethyl adjacent to an activating group) is 1. The van der Waals surface area contributed by atoms with Crippen LogP contribution in [0.2, 0.25) is 0 Å². The number of hydrogen-bond acceptors (Lipinski definition) is 3. The van der Waals surface area contributed by atoms with Crippen LogP contribution in [0.15, 0.2) is 0 Å². The second-order valence-corrected chi connectivity index (χ2v) is 5.39. The van der Waals surface area contributed by atoms with E-state index in [1.54, 1.807) is 0 Å². The summed E-state index contributed by atoms with van der Waals surface area (Å²) >= 11 is 0. The van der Waals surface area contributed by atoms with E-state index in [0.717, 1.165) is 32.4 Å². The maximum atomic E-state index is 12.4. The molecule has 1 saturated heterocycles. The molecular weight excluding hydrogens is 230 g/mol. The second-order valence-electron chi connectivity index (χ2n) is 5.39. The quantitative estimate of drug-likeness (QED) is 0.790. The summed E-state index contributed by atoms with van der Waals surface area (Å²) in [6.07, 6.45) is 5.33. The molecular formula is C13H25N3O2. The lowest BCUT2D eigenvalue weighted by Crippen LogP contribution is -2.58. The molecule has 3 N–H and O–H groups in total. The molecule has 2 fully saturated rings. The Balaban J connectivity index is 1.99. The zero-order valence-corrected chi connectivity index (χ0v) is 11.3. The van der Waals surface area contributed by atoms with Crippen molar-refractivity contribution in [3.05, 3.63) is 0 Å². The van der Waals surface area contributed by atoms with Crippen LogP contribution < -0.4 is 11.1 Å². The van der Waals surface area contributed by atoms with E-state index in [1.165, 1.54) is 12.8 Å². The van der Waals surface area contributed by atoms with E-state index in [9.17, 15) is 4.79 Å². The topological polar surface area (TPSA) is 67.6 Å². The number of nitrogens with two attached hydrogens (primary N) is 1. The molecule has 1 aliphatic carbocycles. The van der Waals surface area contributed by atoms with E-state index in [-0.39, 0.29) is 17.6 Å². The minimum absolute atomic E-state index is 0.0281. The van der Waals surface area contributed by atoms with Gasteiger partial charge in [-0.2, -0.15) is 0 Å². The van der Waals surface area contributed by atoms with Crippen molar-refractivity contribution >= 4 is 6.03 Å². The first-order valence-electron chi connectivity index (χ1n) is 7.08. The summed E-state index contributed by atoms with van der Waals surface area (Å²) in [7, 11) is 0. The Bertz CT molecular complexity index is 284. The zero-order chi connectivity index (χ0) is 13.0. The minimum atomic E-state index is -0.113. The first kappa shape index (κ1) is 13.6. The van der Waals surface area contributed by atoms with Gasteiger partial charge in [-0.1, -0.05) is 12.8 Å². The van der Waals surface area contributed by atoms with Gasteiger partial charge in [-0.15, -0.1) is 0 Å².